The number of rotatable bonds is 11. The van der Waals surface area contributed by atoms with Crippen LogP contribution < -0.4 is 5.32 Å². The van der Waals surface area contributed by atoms with E-state index in [9.17, 15) is 44.3 Å². The molecule has 18 heteroatoms. The average Bonchev–Trinajstić information content (AvgIpc) is 3.40. The number of hydrogen-bond donors (Lipinski definition) is 1. The molecule has 0 spiro atoms. The van der Waals surface area contributed by atoms with Crippen LogP contribution in [0.25, 0.3) is 5.82 Å². The fourth-order valence-electron chi connectivity index (χ4n) is 4.95. The minimum absolute atomic E-state index is 0.00326. The number of hydrogen-bond acceptors (Lipinski definition) is 6. The van der Waals surface area contributed by atoms with Gasteiger partial charge in [-0.15, -0.1) is 0 Å². The summed E-state index contributed by atoms with van der Waals surface area (Å²) in [5, 5.41) is 7.44. The molecule has 0 saturated heterocycles. The SMILES string of the molecule is Cc1cc(Cl)cc(C(=O)NC(C)C)c1CC(=O)c1cc(CN(C)S(=O)(=O)Cc2cc(C(F)(F)F)cc(C(F)(F)F)c2)nn1-c1ncccc1Cl. The number of aromatic nitrogens is 3. The van der Waals surface area contributed by atoms with E-state index in [0.29, 0.717) is 27.6 Å². The highest BCUT2D eigenvalue weighted by Gasteiger charge is 2.37. The second-order valence-corrected chi connectivity index (χ2v) is 14.6. The fraction of sp³-hybridized carbons (Fsp3) is 0.312. The van der Waals surface area contributed by atoms with Gasteiger partial charge in [0.15, 0.2) is 11.6 Å². The third-order valence-corrected chi connectivity index (χ3v) is 9.57. The molecule has 0 aliphatic heterocycles. The number of carbonyl (C=O) groups excluding carboxylic acids is 2. The first-order chi connectivity index (χ1) is 23.1. The van der Waals surface area contributed by atoms with Crippen molar-refractivity contribution >= 4 is 44.9 Å². The van der Waals surface area contributed by atoms with Gasteiger partial charge in [0.25, 0.3) is 5.91 Å². The zero-order valence-corrected chi connectivity index (χ0v) is 29.1. The van der Waals surface area contributed by atoms with Crippen molar-refractivity contribution in [1.82, 2.24) is 24.4 Å². The number of carbonyl (C=O) groups is 2. The minimum Gasteiger partial charge on any atom is -0.350 e. The number of amides is 1. The number of nitrogens with zero attached hydrogens (tertiary/aromatic N) is 4. The molecular weight excluding hydrogens is 735 g/mol. The molecule has 0 bridgehead atoms. The quantitative estimate of drug-likeness (QED) is 0.126. The Morgan fingerprint density at radius 2 is 1.60 bits per heavy atom. The van der Waals surface area contributed by atoms with Crippen LogP contribution in [0.2, 0.25) is 10.0 Å². The van der Waals surface area contributed by atoms with Crippen LogP contribution >= 0.6 is 23.2 Å². The third kappa shape index (κ3) is 9.21. The van der Waals surface area contributed by atoms with Crippen LogP contribution in [0.3, 0.4) is 0 Å². The predicted octanol–water partition coefficient (Wildman–Crippen LogP) is 7.45. The van der Waals surface area contributed by atoms with Crippen molar-refractivity contribution in [1.29, 1.82) is 0 Å². The summed E-state index contributed by atoms with van der Waals surface area (Å²) in [6.45, 7) is 4.63. The van der Waals surface area contributed by atoms with E-state index in [0.717, 1.165) is 11.7 Å². The van der Waals surface area contributed by atoms with Crippen molar-refractivity contribution in [2.75, 3.05) is 7.05 Å². The number of ketones is 1. The molecular formula is C32H29Cl2F6N5O4S. The van der Waals surface area contributed by atoms with Crippen LogP contribution in [0.1, 0.15) is 68.2 Å². The van der Waals surface area contributed by atoms with Gasteiger partial charge in [-0.25, -0.2) is 18.1 Å². The smallest absolute Gasteiger partial charge is 0.350 e. The Balaban J connectivity index is 1.71. The topological polar surface area (TPSA) is 114 Å². The molecule has 4 aromatic rings. The van der Waals surface area contributed by atoms with Crippen LogP contribution in [0.15, 0.2) is 54.7 Å². The van der Waals surface area contributed by atoms with Crippen LogP contribution in [-0.4, -0.2) is 52.3 Å². The van der Waals surface area contributed by atoms with Crippen molar-refractivity contribution in [2.45, 2.75) is 57.9 Å². The van der Waals surface area contributed by atoms with E-state index < -0.39 is 63.1 Å². The first-order valence-electron chi connectivity index (χ1n) is 14.6. The highest BCUT2D eigenvalue weighted by Crippen LogP contribution is 2.37. The summed E-state index contributed by atoms with van der Waals surface area (Å²) < 4.78 is 108. The van der Waals surface area contributed by atoms with Gasteiger partial charge in [-0.05, 0) is 86.0 Å². The number of pyridine rings is 1. The first kappa shape index (κ1) is 38.8. The number of alkyl halides is 6. The van der Waals surface area contributed by atoms with Gasteiger partial charge in [0.2, 0.25) is 10.0 Å². The van der Waals surface area contributed by atoms with E-state index in [1.807, 2.05) is 0 Å². The van der Waals surface area contributed by atoms with Gasteiger partial charge < -0.3 is 5.32 Å². The summed E-state index contributed by atoms with van der Waals surface area (Å²) in [5.74, 6) is -2.25. The molecule has 2 aromatic heterocycles. The number of nitrogens with one attached hydrogen (secondary N) is 1. The standard InChI is InChI=1S/C32H29Cl2F6N5O4S/c1-17(2)42-30(47)25-12-22(33)8-18(3)24(25)14-28(46)27-13-23(43-45(27)29-26(34)6-5-7-41-29)15-44(4)50(48,49)16-19-9-20(31(35,36)37)11-21(10-19)32(38,39)40/h5-13,17H,14-16H2,1-4H3,(H,42,47). The minimum atomic E-state index is -5.17. The highest BCUT2D eigenvalue weighted by molar-refractivity contribution is 7.88. The van der Waals surface area contributed by atoms with Gasteiger partial charge in [-0.3, -0.25) is 9.59 Å². The number of halogens is 8. The second kappa shape index (κ2) is 14.7. The number of aryl methyl sites for hydroxylation is 1. The summed E-state index contributed by atoms with van der Waals surface area (Å²) in [5.41, 5.74) is -3.14. The summed E-state index contributed by atoms with van der Waals surface area (Å²) >= 11 is 12.6. The molecule has 50 heavy (non-hydrogen) atoms. The zero-order valence-electron chi connectivity index (χ0n) is 26.7. The van der Waals surface area contributed by atoms with E-state index in [2.05, 4.69) is 15.4 Å². The second-order valence-electron chi connectivity index (χ2n) is 11.6. The van der Waals surface area contributed by atoms with E-state index in [1.54, 1.807) is 26.8 Å². The Hall–Kier alpha value is -3.99. The summed E-state index contributed by atoms with van der Waals surface area (Å²) in [7, 11) is -3.50. The van der Waals surface area contributed by atoms with Crippen molar-refractivity contribution < 1.29 is 44.3 Å². The van der Waals surface area contributed by atoms with E-state index in [1.165, 1.54) is 30.5 Å². The fourth-order valence-corrected chi connectivity index (χ4v) is 6.56. The molecule has 0 unspecified atom stereocenters. The zero-order chi connectivity index (χ0) is 37.3. The molecule has 1 amide bonds. The summed E-state index contributed by atoms with van der Waals surface area (Å²) in [6.07, 6.45) is -9.30. The molecule has 0 aliphatic rings. The lowest BCUT2D eigenvalue weighted by molar-refractivity contribution is -0.143. The summed E-state index contributed by atoms with van der Waals surface area (Å²) in [4.78, 5) is 31.1. The Bertz CT molecular complexity index is 2020. The first-order valence-corrected chi connectivity index (χ1v) is 17.0. The van der Waals surface area contributed by atoms with Crippen LogP contribution in [0.5, 0.6) is 0 Å². The van der Waals surface area contributed by atoms with Gasteiger partial charge in [-0.2, -0.15) is 35.7 Å². The molecule has 2 heterocycles. The number of benzene rings is 2. The van der Waals surface area contributed by atoms with Gasteiger partial charge in [0, 0.05) is 36.3 Å². The lowest BCUT2D eigenvalue weighted by atomic mass is 9.95. The van der Waals surface area contributed by atoms with Gasteiger partial charge in [0.05, 0.1) is 34.1 Å². The van der Waals surface area contributed by atoms with Crippen molar-refractivity contribution in [3.63, 3.8) is 0 Å². The van der Waals surface area contributed by atoms with Crippen LogP contribution in [-0.2, 0) is 41.1 Å². The largest absolute Gasteiger partial charge is 0.416 e. The lowest BCUT2D eigenvalue weighted by Crippen LogP contribution is -2.31. The van der Waals surface area contributed by atoms with Gasteiger partial charge >= 0.3 is 12.4 Å². The number of Topliss-reactive ketones (excluding diaryl/α,β-unsaturated/α-hetero) is 1. The maximum atomic E-state index is 13.9. The molecule has 4 rings (SSSR count). The Morgan fingerprint density at radius 3 is 2.16 bits per heavy atom. The molecule has 0 saturated carbocycles. The van der Waals surface area contributed by atoms with Crippen molar-refractivity contribution in [3.8, 4) is 5.82 Å². The van der Waals surface area contributed by atoms with Crippen LogP contribution in [0.4, 0.5) is 26.3 Å². The van der Waals surface area contributed by atoms with Gasteiger partial charge in [0.1, 0.15) is 5.69 Å². The van der Waals surface area contributed by atoms with Crippen molar-refractivity contribution in [2.24, 2.45) is 0 Å². The van der Waals surface area contributed by atoms with Gasteiger partial charge in [-0.1, -0.05) is 23.2 Å². The lowest BCUT2D eigenvalue weighted by Gasteiger charge is -2.18. The predicted molar refractivity (Wildman–Crippen MR) is 174 cm³/mol. The maximum Gasteiger partial charge on any atom is 0.416 e. The normalized spacial score (nSPS) is 12.5. The monoisotopic (exact) mass is 763 g/mol. The molecule has 268 valence electrons. The third-order valence-electron chi connectivity index (χ3n) is 7.28. The molecule has 0 fully saturated rings. The van der Waals surface area contributed by atoms with E-state index >= 15 is 0 Å². The molecule has 2 aromatic carbocycles. The Kier molecular flexibility index (Phi) is 11.4. The average molecular weight is 765 g/mol. The highest BCUT2D eigenvalue weighted by atomic mass is 35.5. The molecule has 0 aliphatic carbocycles. The molecule has 0 radical (unpaired) electrons. The van der Waals surface area contributed by atoms with E-state index in [-0.39, 0.29) is 51.3 Å². The Labute approximate surface area is 293 Å². The molecule has 1 N–H and O–H groups in total. The maximum absolute atomic E-state index is 13.9. The number of sulfonamides is 1. The molecule has 9 nitrogen and oxygen atoms in total. The van der Waals surface area contributed by atoms with Crippen LogP contribution in [0, 0.1) is 6.92 Å². The van der Waals surface area contributed by atoms with E-state index in [4.69, 9.17) is 23.2 Å². The molecule has 0 atom stereocenters. The summed E-state index contributed by atoms with van der Waals surface area (Å²) in [6, 6.07) is 7.60. The Morgan fingerprint density at radius 1 is 0.980 bits per heavy atom. The van der Waals surface area contributed by atoms with Crippen molar-refractivity contribution in [3.05, 3.63) is 110 Å².